The van der Waals surface area contributed by atoms with Gasteiger partial charge in [-0.3, -0.25) is 9.89 Å². The Bertz CT molecular complexity index is 463. The number of aliphatic hydroxyl groups is 1. The molecule has 0 saturated carbocycles. The Morgan fingerprint density at radius 1 is 1.42 bits per heavy atom. The zero-order valence-corrected chi connectivity index (χ0v) is 11.4. The number of aromatic amines is 1. The van der Waals surface area contributed by atoms with Gasteiger partial charge < -0.3 is 15.7 Å². The number of nitrogens with zero attached hydrogens (tertiary/aromatic N) is 1. The summed E-state index contributed by atoms with van der Waals surface area (Å²) in [5.74, 6) is -0.0329. The zero-order chi connectivity index (χ0) is 12.5. The van der Waals surface area contributed by atoms with Crippen molar-refractivity contribution in [1.82, 2.24) is 20.8 Å². The van der Waals surface area contributed by atoms with Crippen molar-refractivity contribution in [3.05, 3.63) is 17.0 Å². The number of carbonyl (C=O) groups excluding carboxylic acids is 1. The van der Waals surface area contributed by atoms with Crippen LogP contribution in [0.2, 0.25) is 0 Å². The second-order valence-corrected chi connectivity index (χ2v) is 5.08. The molecule has 0 spiro atoms. The fraction of sp³-hybridized carbons (Fsp3) is 0.667. The molecule has 1 aliphatic heterocycles. The Balaban J connectivity index is 0.00000133. The molecular formula is C12H19ClN4O2. The minimum atomic E-state index is -0.366. The molecule has 0 bridgehead atoms. The molecule has 6 nitrogen and oxygen atoms in total. The van der Waals surface area contributed by atoms with E-state index in [1.54, 1.807) is 0 Å². The topological polar surface area (TPSA) is 90.0 Å². The number of halogens is 1. The van der Waals surface area contributed by atoms with Gasteiger partial charge in [0.05, 0.1) is 6.10 Å². The van der Waals surface area contributed by atoms with Crippen LogP contribution in [0.15, 0.2) is 0 Å². The molecule has 4 N–H and O–H groups in total. The van der Waals surface area contributed by atoms with Crippen molar-refractivity contribution >= 4 is 18.3 Å². The van der Waals surface area contributed by atoms with Crippen molar-refractivity contribution < 1.29 is 9.90 Å². The summed E-state index contributed by atoms with van der Waals surface area (Å²) in [4.78, 5) is 12.0. The number of fused-ring (bicyclic) bond motifs is 1. The first kappa shape index (κ1) is 14.3. The van der Waals surface area contributed by atoms with E-state index < -0.39 is 0 Å². The highest BCUT2D eigenvalue weighted by atomic mass is 35.5. The van der Waals surface area contributed by atoms with E-state index in [2.05, 4.69) is 20.8 Å². The van der Waals surface area contributed by atoms with Crippen LogP contribution in [0.1, 0.15) is 28.2 Å². The van der Waals surface area contributed by atoms with Gasteiger partial charge in [0, 0.05) is 36.8 Å². The molecule has 19 heavy (non-hydrogen) atoms. The molecule has 2 aliphatic rings. The SMILES string of the molecule is Cl.O=C(NCC1CNCC1O)c1n[nH]c2c1CCC2. The van der Waals surface area contributed by atoms with Gasteiger partial charge in [-0.25, -0.2) is 0 Å². The monoisotopic (exact) mass is 286 g/mol. The van der Waals surface area contributed by atoms with Gasteiger partial charge in [-0.1, -0.05) is 0 Å². The number of β-amino-alcohol motifs (C(OH)–C–C–N with tert-alkyl or cyclic N) is 1. The number of aliphatic hydroxyl groups excluding tert-OH is 1. The Labute approximate surface area is 117 Å². The maximum Gasteiger partial charge on any atom is 0.272 e. The predicted octanol–water partition coefficient (Wildman–Crippen LogP) is -0.370. The molecule has 106 valence electrons. The number of hydrogen-bond acceptors (Lipinski definition) is 4. The lowest BCUT2D eigenvalue weighted by atomic mass is 10.1. The minimum absolute atomic E-state index is 0. The summed E-state index contributed by atoms with van der Waals surface area (Å²) in [7, 11) is 0. The molecular weight excluding hydrogens is 268 g/mol. The Morgan fingerprint density at radius 3 is 3.00 bits per heavy atom. The largest absolute Gasteiger partial charge is 0.391 e. The average Bonchev–Trinajstić information content (AvgIpc) is 3.01. The molecule has 7 heteroatoms. The minimum Gasteiger partial charge on any atom is -0.391 e. The second-order valence-electron chi connectivity index (χ2n) is 5.08. The number of nitrogens with one attached hydrogen (secondary N) is 3. The molecule has 0 radical (unpaired) electrons. The van der Waals surface area contributed by atoms with Crippen molar-refractivity contribution in [2.75, 3.05) is 19.6 Å². The number of amides is 1. The highest BCUT2D eigenvalue weighted by Crippen LogP contribution is 2.22. The molecule has 2 unspecified atom stereocenters. The zero-order valence-electron chi connectivity index (χ0n) is 10.6. The average molecular weight is 287 g/mol. The number of aromatic nitrogens is 2. The van der Waals surface area contributed by atoms with Crippen molar-refractivity contribution in [1.29, 1.82) is 0 Å². The van der Waals surface area contributed by atoms with Crippen LogP contribution in [0.4, 0.5) is 0 Å². The van der Waals surface area contributed by atoms with Gasteiger partial charge in [-0.05, 0) is 19.3 Å². The number of carbonyl (C=O) groups is 1. The normalized spacial score (nSPS) is 24.9. The van der Waals surface area contributed by atoms with Crippen LogP contribution in [-0.4, -0.2) is 46.9 Å². The van der Waals surface area contributed by atoms with Crippen molar-refractivity contribution in [2.24, 2.45) is 5.92 Å². The summed E-state index contributed by atoms with van der Waals surface area (Å²) in [6, 6.07) is 0. The van der Waals surface area contributed by atoms with Crippen LogP contribution in [0.5, 0.6) is 0 Å². The van der Waals surface area contributed by atoms with E-state index >= 15 is 0 Å². The maximum atomic E-state index is 12.0. The Morgan fingerprint density at radius 2 is 2.26 bits per heavy atom. The standard InChI is InChI=1S/C12H18N4O2.ClH/c17-10-6-13-4-7(10)5-14-12(18)11-8-2-1-3-9(8)15-16-11;/h7,10,13,17H,1-6H2,(H,14,18)(H,15,16);1H. The first-order valence-corrected chi connectivity index (χ1v) is 6.49. The molecule has 1 aliphatic carbocycles. The number of rotatable bonds is 3. The first-order valence-electron chi connectivity index (χ1n) is 6.49. The third-order valence-corrected chi connectivity index (χ3v) is 3.85. The van der Waals surface area contributed by atoms with E-state index in [1.165, 1.54) is 0 Å². The molecule has 0 aromatic carbocycles. The van der Waals surface area contributed by atoms with Crippen LogP contribution >= 0.6 is 12.4 Å². The predicted molar refractivity (Wildman–Crippen MR) is 72.6 cm³/mol. The molecule has 1 fully saturated rings. The third-order valence-electron chi connectivity index (χ3n) is 3.85. The molecule has 1 aromatic rings. The summed E-state index contributed by atoms with van der Waals surface area (Å²) >= 11 is 0. The highest BCUT2D eigenvalue weighted by molar-refractivity contribution is 5.94. The van der Waals surface area contributed by atoms with E-state index in [9.17, 15) is 9.90 Å². The van der Waals surface area contributed by atoms with Gasteiger partial charge in [-0.15, -0.1) is 12.4 Å². The molecule has 1 amide bonds. The number of hydrogen-bond donors (Lipinski definition) is 4. The summed E-state index contributed by atoms with van der Waals surface area (Å²) in [5.41, 5.74) is 2.70. The van der Waals surface area contributed by atoms with Crippen LogP contribution in [0, 0.1) is 5.92 Å². The van der Waals surface area contributed by atoms with Gasteiger partial charge in [0.15, 0.2) is 5.69 Å². The molecule has 3 rings (SSSR count). The third kappa shape index (κ3) is 2.75. The second kappa shape index (κ2) is 5.90. The summed E-state index contributed by atoms with van der Waals surface area (Å²) in [5, 5.41) is 22.6. The Kier molecular flexibility index (Phi) is 4.44. The lowest BCUT2D eigenvalue weighted by Gasteiger charge is -2.13. The van der Waals surface area contributed by atoms with E-state index in [4.69, 9.17) is 0 Å². The van der Waals surface area contributed by atoms with Crippen molar-refractivity contribution in [2.45, 2.75) is 25.4 Å². The lowest BCUT2D eigenvalue weighted by Crippen LogP contribution is -2.34. The quantitative estimate of drug-likeness (QED) is 0.610. The summed E-state index contributed by atoms with van der Waals surface area (Å²) < 4.78 is 0. The number of aryl methyl sites for hydroxylation is 1. The smallest absolute Gasteiger partial charge is 0.272 e. The lowest BCUT2D eigenvalue weighted by molar-refractivity contribution is 0.0921. The molecule has 1 aromatic heterocycles. The van der Waals surface area contributed by atoms with Crippen LogP contribution in [0.3, 0.4) is 0 Å². The van der Waals surface area contributed by atoms with E-state index in [0.29, 0.717) is 18.8 Å². The van der Waals surface area contributed by atoms with E-state index in [1.807, 2.05) is 0 Å². The van der Waals surface area contributed by atoms with Crippen molar-refractivity contribution in [3.63, 3.8) is 0 Å². The van der Waals surface area contributed by atoms with Crippen LogP contribution in [0.25, 0.3) is 0 Å². The summed E-state index contributed by atoms with van der Waals surface area (Å²) in [6.07, 6.45) is 2.65. The van der Waals surface area contributed by atoms with Gasteiger partial charge >= 0.3 is 0 Å². The van der Waals surface area contributed by atoms with Crippen LogP contribution in [-0.2, 0) is 12.8 Å². The molecule has 2 atom stereocenters. The van der Waals surface area contributed by atoms with Crippen LogP contribution < -0.4 is 10.6 Å². The Hall–Kier alpha value is -1.11. The van der Waals surface area contributed by atoms with Gasteiger partial charge in [-0.2, -0.15) is 5.10 Å². The first-order chi connectivity index (χ1) is 8.75. The van der Waals surface area contributed by atoms with E-state index in [0.717, 1.165) is 37.1 Å². The fourth-order valence-corrected chi connectivity index (χ4v) is 2.74. The van der Waals surface area contributed by atoms with Gasteiger partial charge in [0.1, 0.15) is 0 Å². The van der Waals surface area contributed by atoms with Gasteiger partial charge in [0.25, 0.3) is 5.91 Å². The van der Waals surface area contributed by atoms with Gasteiger partial charge in [0.2, 0.25) is 0 Å². The number of H-pyrrole nitrogens is 1. The maximum absolute atomic E-state index is 12.0. The fourth-order valence-electron chi connectivity index (χ4n) is 2.74. The molecule has 1 saturated heterocycles. The highest BCUT2D eigenvalue weighted by Gasteiger charge is 2.27. The van der Waals surface area contributed by atoms with Crippen molar-refractivity contribution in [3.8, 4) is 0 Å². The summed E-state index contributed by atoms with van der Waals surface area (Å²) in [6.45, 7) is 1.85. The molecule has 2 heterocycles. The van der Waals surface area contributed by atoms with E-state index in [-0.39, 0.29) is 30.3 Å².